The van der Waals surface area contributed by atoms with Gasteiger partial charge in [0.25, 0.3) is 0 Å². The number of amides is 1. The first-order chi connectivity index (χ1) is 5.94. The number of nitrogens with zero attached hydrogens (tertiary/aromatic N) is 2. The van der Waals surface area contributed by atoms with Gasteiger partial charge in [0.05, 0.1) is 11.5 Å². The summed E-state index contributed by atoms with van der Waals surface area (Å²) in [6.07, 6.45) is 0.343. The maximum atomic E-state index is 11.5. The molecule has 0 aromatic heterocycles. The zero-order valence-electron chi connectivity index (χ0n) is 8.50. The Bertz CT molecular complexity index is 246. The summed E-state index contributed by atoms with van der Waals surface area (Å²) in [5.74, 6) is 0.749. The second kappa shape index (κ2) is 3.37. The van der Waals surface area contributed by atoms with Gasteiger partial charge in [-0.05, 0) is 19.8 Å². The van der Waals surface area contributed by atoms with Crippen molar-refractivity contribution < 1.29 is 4.79 Å². The Hall–Kier alpha value is -1.04. The molecular weight excluding hydrogens is 164 g/mol. The molecule has 3 nitrogen and oxygen atoms in total. The predicted octanol–water partition coefficient (Wildman–Crippen LogP) is 1.40. The minimum absolute atomic E-state index is 0.115. The molecule has 1 aliphatic heterocycles. The fraction of sp³-hybridized carbons (Fsp3) is 0.800. The van der Waals surface area contributed by atoms with Crippen molar-refractivity contribution in [2.24, 2.45) is 11.3 Å². The van der Waals surface area contributed by atoms with E-state index < -0.39 is 5.41 Å². The summed E-state index contributed by atoms with van der Waals surface area (Å²) in [4.78, 5) is 13.3. The topological polar surface area (TPSA) is 44.1 Å². The molecule has 0 unspecified atom stereocenters. The van der Waals surface area contributed by atoms with Crippen LogP contribution in [0.1, 0.15) is 27.2 Å². The smallest absolute Gasteiger partial charge is 0.224 e. The van der Waals surface area contributed by atoms with Gasteiger partial charge in [-0.2, -0.15) is 5.26 Å². The molecule has 0 bridgehead atoms. The third-order valence-corrected chi connectivity index (χ3v) is 2.31. The van der Waals surface area contributed by atoms with Crippen molar-refractivity contribution in [3.05, 3.63) is 0 Å². The SMILES string of the molecule is CC1CN(C(=O)CC(C)(C)C#N)C1. The molecule has 0 aromatic carbocycles. The number of hydrogen-bond donors (Lipinski definition) is 0. The van der Waals surface area contributed by atoms with Crippen molar-refractivity contribution in [2.75, 3.05) is 13.1 Å². The highest BCUT2D eigenvalue weighted by Gasteiger charge is 2.31. The molecule has 13 heavy (non-hydrogen) atoms. The molecule has 0 saturated carbocycles. The van der Waals surface area contributed by atoms with E-state index in [1.165, 1.54) is 0 Å². The molecular formula is C10H16N2O. The molecule has 0 atom stereocenters. The summed E-state index contributed by atoms with van der Waals surface area (Å²) >= 11 is 0. The number of rotatable bonds is 2. The van der Waals surface area contributed by atoms with Crippen molar-refractivity contribution in [3.8, 4) is 6.07 Å². The van der Waals surface area contributed by atoms with Crippen LogP contribution in [0.5, 0.6) is 0 Å². The molecule has 1 heterocycles. The lowest BCUT2D eigenvalue weighted by molar-refractivity contribution is -0.138. The number of likely N-dealkylation sites (tertiary alicyclic amines) is 1. The fourth-order valence-electron chi connectivity index (χ4n) is 1.43. The van der Waals surface area contributed by atoms with Crippen LogP contribution in [0, 0.1) is 22.7 Å². The molecule has 1 fully saturated rings. The van der Waals surface area contributed by atoms with E-state index in [1.54, 1.807) is 13.8 Å². The Kier molecular flexibility index (Phi) is 2.60. The normalized spacial score (nSPS) is 17.8. The highest BCUT2D eigenvalue weighted by atomic mass is 16.2. The summed E-state index contributed by atoms with van der Waals surface area (Å²) in [6.45, 7) is 7.45. The Balaban J connectivity index is 2.39. The van der Waals surface area contributed by atoms with E-state index in [-0.39, 0.29) is 5.91 Å². The van der Waals surface area contributed by atoms with E-state index in [0.717, 1.165) is 13.1 Å². The van der Waals surface area contributed by atoms with Gasteiger partial charge >= 0.3 is 0 Å². The quantitative estimate of drug-likeness (QED) is 0.644. The number of hydrogen-bond acceptors (Lipinski definition) is 2. The van der Waals surface area contributed by atoms with Crippen LogP contribution in [0.3, 0.4) is 0 Å². The Morgan fingerprint density at radius 2 is 2.15 bits per heavy atom. The van der Waals surface area contributed by atoms with Crippen molar-refractivity contribution in [3.63, 3.8) is 0 Å². The van der Waals surface area contributed by atoms with Gasteiger partial charge in [-0.25, -0.2) is 0 Å². The molecule has 1 saturated heterocycles. The lowest BCUT2D eigenvalue weighted by Gasteiger charge is -2.38. The third kappa shape index (κ3) is 2.45. The largest absolute Gasteiger partial charge is 0.342 e. The monoisotopic (exact) mass is 180 g/mol. The summed E-state index contributed by atoms with van der Waals surface area (Å²) in [6, 6.07) is 2.14. The van der Waals surface area contributed by atoms with Crippen LogP contribution in [-0.4, -0.2) is 23.9 Å². The summed E-state index contributed by atoms with van der Waals surface area (Å²) in [5.41, 5.74) is -0.518. The van der Waals surface area contributed by atoms with Gasteiger partial charge < -0.3 is 4.90 Å². The molecule has 0 aromatic rings. The number of carbonyl (C=O) groups excluding carboxylic acids is 1. The van der Waals surface area contributed by atoms with Gasteiger partial charge in [-0.3, -0.25) is 4.79 Å². The Morgan fingerprint density at radius 1 is 1.62 bits per heavy atom. The summed E-state index contributed by atoms with van der Waals surface area (Å²) in [7, 11) is 0. The van der Waals surface area contributed by atoms with Crippen molar-refractivity contribution >= 4 is 5.91 Å². The van der Waals surface area contributed by atoms with E-state index in [9.17, 15) is 4.79 Å². The maximum absolute atomic E-state index is 11.5. The maximum Gasteiger partial charge on any atom is 0.224 e. The Morgan fingerprint density at radius 3 is 2.54 bits per heavy atom. The number of carbonyl (C=O) groups is 1. The zero-order valence-corrected chi connectivity index (χ0v) is 8.50. The fourth-order valence-corrected chi connectivity index (χ4v) is 1.43. The molecule has 1 amide bonds. The molecule has 0 spiro atoms. The van der Waals surface area contributed by atoms with Crippen LogP contribution in [0.15, 0.2) is 0 Å². The molecule has 72 valence electrons. The van der Waals surface area contributed by atoms with Gasteiger partial charge in [-0.15, -0.1) is 0 Å². The first-order valence-corrected chi connectivity index (χ1v) is 4.63. The standard InChI is InChI=1S/C10H16N2O/c1-8-5-12(6-8)9(13)4-10(2,3)7-11/h8H,4-6H2,1-3H3. The lowest BCUT2D eigenvalue weighted by Crippen LogP contribution is -2.49. The van der Waals surface area contributed by atoms with E-state index in [0.29, 0.717) is 12.3 Å². The van der Waals surface area contributed by atoms with Crippen molar-refractivity contribution in [1.82, 2.24) is 4.90 Å². The van der Waals surface area contributed by atoms with Crippen LogP contribution in [0.4, 0.5) is 0 Å². The molecule has 0 radical (unpaired) electrons. The van der Waals surface area contributed by atoms with Crippen molar-refractivity contribution in [1.29, 1.82) is 5.26 Å². The van der Waals surface area contributed by atoms with Crippen LogP contribution in [-0.2, 0) is 4.79 Å². The first kappa shape index (κ1) is 10.0. The van der Waals surface area contributed by atoms with Gasteiger partial charge in [-0.1, -0.05) is 6.92 Å². The molecule has 3 heteroatoms. The minimum atomic E-state index is -0.518. The highest BCUT2D eigenvalue weighted by molar-refractivity contribution is 5.78. The Labute approximate surface area is 79.3 Å². The zero-order chi connectivity index (χ0) is 10.1. The predicted molar refractivity (Wildman–Crippen MR) is 49.8 cm³/mol. The van der Waals surface area contributed by atoms with Crippen LogP contribution in [0.2, 0.25) is 0 Å². The molecule has 0 aliphatic carbocycles. The first-order valence-electron chi connectivity index (χ1n) is 4.63. The van der Waals surface area contributed by atoms with Gasteiger partial charge in [0.15, 0.2) is 0 Å². The lowest BCUT2D eigenvalue weighted by atomic mass is 9.89. The molecule has 1 aliphatic rings. The molecule has 1 rings (SSSR count). The second-order valence-electron chi connectivity index (χ2n) is 4.58. The number of nitriles is 1. The summed E-state index contributed by atoms with van der Waals surface area (Å²) < 4.78 is 0. The van der Waals surface area contributed by atoms with E-state index in [1.807, 2.05) is 4.90 Å². The van der Waals surface area contributed by atoms with Crippen LogP contribution >= 0.6 is 0 Å². The average molecular weight is 180 g/mol. The van der Waals surface area contributed by atoms with E-state index in [4.69, 9.17) is 5.26 Å². The van der Waals surface area contributed by atoms with Crippen molar-refractivity contribution in [2.45, 2.75) is 27.2 Å². The van der Waals surface area contributed by atoms with Crippen LogP contribution < -0.4 is 0 Å². The van der Waals surface area contributed by atoms with E-state index >= 15 is 0 Å². The highest BCUT2D eigenvalue weighted by Crippen LogP contribution is 2.23. The average Bonchev–Trinajstić information content (AvgIpc) is 1.98. The minimum Gasteiger partial charge on any atom is -0.342 e. The van der Waals surface area contributed by atoms with Gasteiger partial charge in [0.1, 0.15) is 0 Å². The second-order valence-corrected chi connectivity index (χ2v) is 4.58. The third-order valence-electron chi connectivity index (χ3n) is 2.31. The van der Waals surface area contributed by atoms with Crippen LogP contribution in [0.25, 0.3) is 0 Å². The van der Waals surface area contributed by atoms with E-state index in [2.05, 4.69) is 13.0 Å². The van der Waals surface area contributed by atoms with Gasteiger partial charge in [0.2, 0.25) is 5.91 Å². The molecule has 0 N–H and O–H groups in total. The van der Waals surface area contributed by atoms with Gasteiger partial charge in [0, 0.05) is 19.5 Å². The summed E-state index contributed by atoms with van der Waals surface area (Å²) in [5, 5.41) is 8.75.